The van der Waals surface area contributed by atoms with E-state index in [0.717, 1.165) is 22.9 Å². The van der Waals surface area contributed by atoms with Crippen LogP contribution in [0.15, 0.2) is 78.9 Å². The van der Waals surface area contributed by atoms with Gasteiger partial charge in [0.2, 0.25) is 0 Å². The van der Waals surface area contributed by atoms with Crippen LogP contribution in [0.4, 0.5) is 13.2 Å². The van der Waals surface area contributed by atoms with Crippen molar-refractivity contribution in [2.75, 3.05) is 0 Å². The summed E-state index contributed by atoms with van der Waals surface area (Å²) in [5.74, 6) is -2.95. The normalized spacial score (nSPS) is 11.3. The molecule has 4 aromatic carbocycles. The molecule has 5 aromatic rings. The molecule has 5 rings (SSSR count). The van der Waals surface area contributed by atoms with Gasteiger partial charge in [0.05, 0.1) is 11.0 Å². The average Bonchev–Trinajstić information content (AvgIpc) is 3.13. The zero-order valence-electron chi connectivity index (χ0n) is 15.4. The molecular weight excluding hydrogens is 389 g/mol. The Balaban J connectivity index is 1.82. The van der Waals surface area contributed by atoms with Crippen LogP contribution in [0.2, 0.25) is 0 Å². The van der Waals surface area contributed by atoms with Crippen LogP contribution in [0, 0.1) is 17.5 Å². The summed E-state index contributed by atoms with van der Waals surface area (Å²) in [5, 5.41) is 1.80. The highest BCUT2D eigenvalue weighted by Gasteiger charge is 2.22. The van der Waals surface area contributed by atoms with Gasteiger partial charge in [0, 0.05) is 17.2 Å². The summed E-state index contributed by atoms with van der Waals surface area (Å²) in [6.45, 7) is 0. The van der Waals surface area contributed by atoms with E-state index >= 15 is 0 Å². The molecule has 30 heavy (non-hydrogen) atoms. The van der Waals surface area contributed by atoms with Crippen molar-refractivity contribution in [1.29, 1.82) is 0 Å². The van der Waals surface area contributed by atoms with Crippen LogP contribution in [0.25, 0.3) is 33.2 Å². The van der Waals surface area contributed by atoms with E-state index in [2.05, 4.69) is 4.98 Å². The second-order valence-corrected chi connectivity index (χ2v) is 6.86. The molecule has 0 amide bonds. The Labute approximate surface area is 169 Å². The Kier molecular flexibility index (Phi) is 4.13. The first kappa shape index (κ1) is 18.1. The van der Waals surface area contributed by atoms with E-state index in [1.165, 1.54) is 28.8 Å². The number of fused-ring (bicyclic) bond motifs is 2. The standard InChI is InChI=1S/C24H13F3N2O/c25-16-9-11-22-21(13-16)28-23(18-7-3-5-14-4-1-2-6-17(14)18)29(22)24(30)15-8-10-19(26)20(27)12-15/h1-13H. The Morgan fingerprint density at radius 2 is 1.60 bits per heavy atom. The minimum Gasteiger partial charge on any atom is -0.268 e. The molecule has 0 aliphatic rings. The molecular formula is C24H13F3N2O. The van der Waals surface area contributed by atoms with E-state index in [1.807, 2.05) is 42.5 Å². The number of carbonyl (C=O) groups excluding carboxylic acids is 1. The summed E-state index contributed by atoms with van der Waals surface area (Å²) in [7, 11) is 0. The van der Waals surface area contributed by atoms with Crippen molar-refractivity contribution in [2.24, 2.45) is 0 Å². The SMILES string of the molecule is O=C(c1ccc(F)c(F)c1)n1c(-c2cccc3ccccc23)nc2cc(F)ccc21. The second-order valence-electron chi connectivity index (χ2n) is 6.86. The molecule has 6 heteroatoms. The molecule has 0 unspecified atom stereocenters. The summed E-state index contributed by atoms with van der Waals surface area (Å²) in [5.41, 5.74) is 1.28. The summed E-state index contributed by atoms with van der Waals surface area (Å²) in [6.07, 6.45) is 0. The molecule has 0 radical (unpaired) electrons. The molecule has 0 aliphatic carbocycles. The largest absolute Gasteiger partial charge is 0.268 e. The first-order chi connectivity index (χ1) is 14.5. The van der Waals surface area contributed by atoms with E-state index in [9.17, 15) is 18.0 Å². The minimum absolute atomic E-state index is 0.0426. The molecule has 0 atom stereocenters. The van der Waals surface area contributed by atoms with E-state index < -0.39 is 23.4 Å². The summed E-state index contributed by atoms with van der Waals surface area (Å²) in [4.78, 5) is 17.9. The van der Waals surface area contributed by atoms with E-state index in [1.54, 1.807) is 0 Å². The lowest BCUT2D eigenvalue weighted by Gasteiger charge is -2.11. The minimum atomic E-state index is -1.12. The number of rotatable bonds is 2. The average molecular weight is 402 g/mol. The van der Waals surface area contributed by atoms with Gasteiger partial charge in [0.25, 0.3) is 5.91 Å². The Bertz CT molecular complexity index is 1450. The second kappa shape index (κ2) is 6.84. The smallest absolute Gasteiger partial charge is 0.264 e. The number of imidazole rings is 1. The van der Waals surface area contributed by atoms with Gasteiger partial charge < -0.3 is 0 Å². The highest BCUT2D eigenvalue weighted by molar-refractivity contribution is 6.06. The lowest BCUT2D eigenvalue weighted by Crippen LogP contribution is -2.14. The van der Waals surface area contributed by atoms with Gasteiger partial charge in [-0.25, -0.2) is 18.2 Å². The third kappa shape index (κ3) is 2.85. The first-order valence-corrected chi connectivity index (χ1v) is 9.19. The molecule has 1 heterocycles. The van der Waals surface area contributed by atoms with Crippen molar-refractivity contribution in [2.45, 2.75) is 0 Å². The number of nitrogens with zero attached hydrogens (tertiary/aromatic N) is 2. The topological polar surface area (TPSA) is 34.9 Å². The maximum atomic E-state index is 13.8. The summed E-state index contributed by atoms with van der Waals surface area (Å²) in [6, 6.07) is 20.1. The molecule has 0 saturated heterocycles. The number of halogens is 3. The van der Waals surface area contributed by atoms with Crippen LogP contribution in [0.5, 0.6) is 0 Å². The van der Waals surface area contributed by atoms with Crippen molar-refractivity contribution in [3.63, 3.8) is 0 Å². The predicted octanol–water partition coefficient (Wildman–Crippen LogP) is 5.96. The number of aromatic nitrogens is 2. The Morgan fingerprint density at radius 1 is 0.800 bits per heavy atom. The molecule has 0 aliphatic heterocycles. The molecule has 0 bridgehead atoms. The molecule has 0 fully saturated rings. The highest BCUT2D eigenvalue weighted by atomic mass is 19.2. The lowest BCUT2D eigenvalue weighted by atomic mass is 10.0. The van der Waals surface area contributed by atoms with Gasteiger partial charge in [0.1, 0.15) is 11.6 Å². The van der Waals surface area contributed by atoms with Crippen LogP contribution < -0.4 is 0 Å². The molecule has 0 saturated carbocycles. The predicted molar refractivity (Wildman–Crippen MR) is 109 cm³/mol. The van der Waals surface area contributed by atoms with E-state index in [-0.39, 0.29) is 11.1 Å². The molecule has 0 N–H and O–H groups in total. The Hall–Kier alpha value is -3.93. The fraction of sp³-hybridized carbons (Fsp3) is 0. The third-order valence-electron chi connectivity index (χ3n) is 5.02. The van der Waals surface area contributed by atoms with E-state index in [0.29, 0.717) is 16.9 Å². The zero-order valence-corrected chi connectivity index (χ0v) is 15.4. The van der Waals surface area contributed by atoms with Gasteiger partial charge in [-0.3, -0.25) is 9.36 Å². The fourth-order valence-electron chi connectivity index (χ4n) is 3.62. The van der Waals surface area contributed by atoms with Crippen LogP contribution in [0.3, 0.4) is 0 Å². The lowest BCUT2D eigenvalue weighted by molar-refractivity contribution is 0.0965. The molecule has 1 aromatic heterocycles. The van der Waals surface area contributed by atoms with Gasteiger partial charge in [-0.05, 0) is 41.1 Å². The number of hydrogen-bond acceptors (Lipinski definition) is 2. The van der Waals surface area contributed by atoms with Crippen molar-refractivity contribution in [1.82, 2.24) is 9.55 Å². The number of carbonyl (C=O) groups is 1. The highest BCUT2D eigenvalue weighted by Crippen LogP contribution is 2.32. The maximum absolute atomic E-state index is 13.8. The zero-order chi connectivity index (χ0) is 20.8. The number of benzene rings is 4. The maximum Gasteiger partial charge on any atom is 0.264 e. The third-order valence-corrected chi connectivity index (χ3v) is 5.02. The first-order valence-electron chi connectivity index (χ1n) is 9.19. The quantitative estimate of drug-likeness (QED) is 0.365. The number of hydrogen-bond donors (Lipinski definition) is 0. The van der Waals surface area contributed by atoms with Crippen molar-refractivity contribution < 1.29 is 18.0 Å². The Morgan fingerprint density at radius 3 is 2.43 bits per heavy atom. The molecule has 0 spiro atoms. The van der Waals surface area contributed by atoms with Crippen molar-refractivity contribution in [3.8, 4) is 11.4 Å². The van der Waals surface area contributed by atoms with Crippen LogP contribution in [-0.4, -0.2) is 15.5 Å². The van der Waals surface area contributed by atoms with Gasteiger partial charge in [-0.2, -0.15) is 0 Å². The van der Waals surface area contributed by atoms with Crippen LogP contribution in [-0.2, 0) is 0 Å². The summed E-state index contributed by atoms with van der Waals surface area (Å²) >= 11 is 0. The summed E-state index contributed by atoms with van der Waals surface area (Å²) < 4.78 is 42.3. The molecule has 3 nitrogen and oxygen atoms in total. The van der Waals surface area contributed by atoms with Gasteiger partial charge in [-0.15, -0.1) is 0 Å². The van der Waals surface area contributed by atoms with Crippen molar-refractivity contribution in [3.05, 3.63) is 102 Å². The van der Waals surface area contributed by atoms with E-state index in [4.69, 9.17) is 0 Å². The fourth-order valence-corrected chi connectivity index (χ4v) is 3.62. The van der Waals surface area contributed by atoms with Gasteiger partial charge in [0.15, 0.2) is 11.6 Å². The molecule has 146 valence electrons. The van der Waals surface area contributed by atoms with Crippen molar-refractivity contribution >= 4 is 27.7 Å². The van der Waals surface area contributed by atoms with Gasteiger partial charge in [-0.1, -0.05) is 42.5 Å². The van der Waals surface area contributed by atoms with Crippen LogP contribution in [0.1, 0.15) is 10.4 Å². The van der Waals surface area contributed by atoms with Crippen LogP contribution >= 0.6 is 0 Å². The monoisotopic (exact) mass is 402 g/mol. The van der Waals surface area contributed by atoms with Gasteiger partial charge >= 0.3 is 0 Å².